The molecule has 0 bridgehead atoms. The van der Waals surface area contributed by atoms with Gasteiger partial charge < -0.3 is 14.4 Å². The highest BCUT2D eigenvalue weighted by atomic mass is 19.1. The first-order valence-electron chi connectivity index (χ1n) is 8.98. The Labute approximate surface area is 148 Å². The van der Waals surface area contributed by atoms with E-state index in [2.05, 4.69) is 4.90 Å². The topological polar surface area (TPSA) is 42.0 Å². The third-order valence-electron chi connectivity index (χ3n) is 5.17. The number of morpholine rings is 1. The molecule has 0 N–H and O–H groups in total. The third-order valence-corrected chi connectivity index (χ3v) is 5.17. The van der Waals surface area contributed by atoms with Crippen molar-refractivity contribution >= 4 is 5.91 Å². The first kappa shape index (κ1) is 18.3. The largest absolute Gasteiger partial charge is 0.384 e. The van der Waals surface area contributed by atoms with Gasteiger partial charge in [0, 0.05) is 39.8 Å². The minimum Gasteiger partial charge on any atom is -0.384 e. The molecule has 2 aliphatic rings. The summed E-state index contributed by atoms with van der Waals surface area (Å²) in [5.74, 6) is -0.0347. The number of halogens is 1. The van der Waals surface area contributed by atoms with Crippen LogP contribution in [0.15, 0.2) is 24.3 Å². The fourth-order valence-corrected chi connectivity index (χ4v) is 3.77. The average molecular weight is 350 g/mol. The van der Waals surface area contributed by atoms with Gasteiger partial charge in [0.05, 0.1) is 25.2 Å². The molecular formula is C19H27FN2O3. The maximum absolute atomic E-state index is 13.4. The normalized spacial score (nSPS) is 20.8. The lowest BCUT2D eigenvalue weighted by Crippen LogP contribution is -2.57. The van der Waals surface area contributed by atoms with E-state index >= 15 is 0 Å². The Hall–Kier alpha value is -1.50. The molecule has 1 aromatic carbocycles. The molecule has 0 saturated carbocycles. The monoisotopic (exact) mass is 350 g/mol. The summed E-state index contributed by atoms with van der Waals surface area (Å²) < 4.78 is 24.5. The minimum atomic E-state index is -0.191. The van der Waals surface area contributed by atoms with Crippen molar-refractivity contribution in [1.82, 2.24) is 9.80 Å². The number of rotatable bonds is 5. The SMILES string of the molecule is COCCC(=O)N1CCC2(CC1)CN(Cc1cccc(F)c1)CCO2. The zero-order chi connectivity index (χ0) is 17.7. The van der Waals surface area contributed by atoms with Crippen LogP contribution in [0.4, 0.5) is 4.39 Å². The average Bonchev–Trinajstić information content (AvgIpc) is 2.60. The van der Waals surface area contributed by atoms with E-state index in [0.29, 0.717) is 19.6 Å². The molecule has 2 heterocycles. The van der Waals surface area contributed by atoms with Gasteiger partial charge in [-0.05, 0) is 30.5 Å². The lowest BCUT2D eigenvalue weighted by molar-refractivity contribution is -0.151. The molecule has 5 nitrogen and oxygen atoms in total. The molecular weight excluding hydrogens is 323 g/mol. The lowest BCUT2D eigenvalue weighted by Gasteiger charge is -2.47. The number of benzene rings is 1. The van der Waals surface area contributed by atoms with Crippen molar-refractivity contribution in [2.75, 3.05) is 46.5 Å². The highest BCUT2D eigenvalue weighted by Gasteiger charge is 2.40. The van der Waals surface area contributed by atoms with E-state index < -0.39 is 0 Å². The van der Waals surface area contributed by atoms with E-state index in [1.54, 1.807) is 19.2 Å². The van der Waals surface area contributed by atoms with E-state index in [9.17, 15) is 9.18 Å². The van der Waals surface area contributed by atoms with Crippen LogP contribution in [-0.4, -0.2) is 67.8 Å². The van der Waals surface area contributed by atoms with Crippen molar-refractivity contribution < 1.29 is 18.7 Å². The fraction of sp³-hybridized carbons (Fsp3) is 0.632. The maximum atomic E-state index is 13.4. The van der Waals surface area contributed by atoms with Gasteiger partial charge in [0.25, 0.3) is 0 Å². The van der Waals surface area contributed by atoms with E-state index in [1.165, 1.54) is 6.07 Å². The molecule has 1 amide bonds. The number of hydrogen-bond acceptors (Lipinski definition) is 4. The molecule has 0 atom stereocenters. The number of methoxy groups -OCH3 is 1. The van der Waals surface area contributed by atoms with Crippen molar-refractivity contribution in [1.29, 1.82) is 0 Å². The van der Waals surface area contributed by atoms with Gasteiger partial charge in [-0.2, -0.15) is 0 Å². The van der Waals surface area contributed by atoms with Crippen molar-refractivity contribution in [3.05, 3.63) is 35.6 Å². The zero-order valence-electron chi connectivity index (χ0n) is 14.9. The molecule has 2 saturated heterocycles. The molecule has 2 fully saturated rings. The summed E-state index contributed by atoms with van der Waals surface area (Å²) >= 11 is 0. The molecule has 1 spiro atoms. The highest BCUT2D eigenvalue weighted by molar-refractivity contribution is 5.76. The van der Waals surface area contributed by atoms with Crippen molar-refractivity contribution in [3.63, 3.8) is 0 Å². The second kappa shape index (κ2) is 8.25. The summed E-state index contributed by atoms with van der Waals surface area (Å²) in [6, 6.07) is 6.78. The molecule has 3 rings (SSSR count). The molecule has 2 aliphatic heterocycles. The summed E-state index contributed by atoms with van der Waals surface area (Å²) in [7, 11) is 1.61. The maximum Gasteiger partial charge on any atom is 0.224 e. The zero-order valence-corrected chi connectivity index (χ0v) is 14.9. The van der Waals surface area contributed by atoms with Gasteiger partial charge in [-0.15, -0.1) is 0 Å². The van der Waals surface area contributed by atoms with Gasteiger partial charge in [-0.25, -0.2) is 4.39 Å². The van der Waals surface area contributed by atoms with Crippen molar-refractivity contribution in [2.45, 2.75) is 31.4 Å². The van der Waals surface area contributed by atoms with Crippen LogP contribution in [0.2, 0.25) is 0 Å². The van der Waals surface area contributed by atoms with Crippen LogP contribution in [0.25, 0.3) is 0 Å². The summed E-state index contributed by atoms with van der Waals surface area (Å²) in [6.07, 6.45) is 2.15. The number of carbonyl (C=O) groups excluding carboxylic acids is 1. The van der Waals surface area contributed by atoms with Gasteiger partial charge in [-0.1, -0.05) is 12.1 Å². The molecule has 25 heavy (non-hydrogen) atoms. The van der Waals surface area contributed by atoms with Gasteiger partial charge in [0.1, 0.15) is 5.82 Å². The first-order valence-corrected chi connectivity index (χ1v) is 8.98. The van der Waals surface area contributed by atoms with Crippen LogP contribution < -0.4 is 0 Å². The van der Waals surface area contributed by atoms with Crippen molar-refractivity contribution in [3.8, 4) is 0 Å². The Morgan fingerprint density at radius 1 is 1.32 bits per heavy atom. The van der Waals surface area contributed by atoms with Gasteiger partial charge in [0.2, 0.25) is 5.91 Å². The molecule has 138 valence electrons. The van der Waals surface area contributed by atoms with Crippen molar-refractivity contribution in [2.24, 2.45) is 0 Å². The summed E-state index contributed by atoms with van der Waals surface area (Å²) in [4.78, 5) is 16.4. The molecule has 1 aromatic rings. The number of ether oxygens (including phenoxy) is 2. The second-order valence-corrected chi connectivity index (χ2v) is 7.00. The predicted octanol–water partition coefficient (Wildman–Crippen LogP) is 2.06. The van der Waals surface area contributed by atoms with Crippen LogP contribution in [0.1, 0.15) is 24.8 Å². The quantitative estimate of drug-likeness (QED) is 0.815. The van der Waals surface area contributed by atoms with Crippen LogP contribution >= 0.6 is 0 Å². The van der Waals surface area contributed by atoms with E-state index in [1.807, 2.05) is 11.0 Å². The Balaban J connectivity index is 1.54. The smallest absolute Gasteiger partial charge is 0.224 e. The molecule has 0 aromatic heterocycles. The van der Waals surface area contributed by atoms with E-state index in [4.69, 9.17) is 9.47 Å². The predicted molar refractivity (Wildman–Crippen MR) is 92.7 cm³/mol. The number of amides is 1. The highest BCUT2D eigenvalue weighted by Crippen LogP contribution is 2.31. The molecule has 0 radical (unpaired) electrons. The van der Waals surface area contributed by atoms with E-state index in [0.717, 1.165) is 51.1 Å². The molecule has 6 heteroatoms. The Morgan fingerprint density at radius 3 is 2.84 bits per heavy atom. The van der Waals surface area contributed by atoms with Crippen LogP contribution in [0.3, 0.4) is 0 Å². The van der Waals surface area contributed by atoms with Crippen LogP contribution in [0.5, 0.6) is 0 Å². The van der Waals surface area contributed by atoms with Gasteiger partial charge in [0.15, 0.2) is 0 Å². The third kappa shape index (κ3) is 4.77. The van der Waals surface area contributed by atoms with Gasteiger partial charge >= 0.3 is 0 Å². The van der Waals surface area contributed by atoms with Gasteiger partial charge in [-0.3, -0.25) is 9.69 Å². The number of hydrogen-bond donors (Lipinski definition) is 0. The minimum absolute atomic E-state index is 0.157. The number of likely N-dealkylation sites (tertiary alicyclic amines) is 1. The Bertz CT molecular complexity index is 588. The standard InChI is InChI=1S/C19H27FN2O3/c1-24-11-5-18(23)22-8-6-19(7-9-22)15-21(10-12-25-19)14-16-3-2-4-17(20)13-16/h2-4,13H,5-12,14-15H2,1H3. The van der Waals surface area contributed by atoms with Crippen LogP contribution in [-0.2, 0) is 20.8 Å². The van der Waals surface area contributed by atoms with E-state index in [-0.39, 0.29) is 17.3 Å². The molecule has 0 aliphatic carbocycles. The summed E-state index contributed by atoms with van der Waals surface area (Å²) in [5.41, 5.74) is 0.813. The molecule has 0 unspecified atom stereocenters. The lowest BCUT2D eigenvalue weighted by atomic mass is 9.89. The fourth-order valence-electron chi connectivity index (χ4n) is 3.77. The number of nitrogens with zero attached hydrogens (tertiary/aromatic N) is 2. The number of piperidine rings is 1. The Kier molecular flexibility index (Phi) is 6.04. The number of carbonyl (C=O) groups is 1. The Morgan fingerprint density at radius 2 is 2.12 bits per heavy atom. The second-order valence-electron chi connectivity index (χ2n) is 7.00. The summed E-state index contributed by atoms with van der Waals surface area (Å²) in [5, 5.41) is 0. The van der Waals surface area contributed by atoms with Crippen LogP contribution in [0, 0.1) is 5.82 Å². The first-order chi connectivity index (χ1) is 12.1. The summed E-state index contributed by atoms with van der Waals surface area (Å²) in [6.45, 7) is 5.05.